The van der Waals surface area contributed by atoms with Crippen molar-refractivity contribution in [2.45, 2.75) is 33.0 Å². The van der Waals surface area contributed by atoms with Crippen molar-refractivity contribution in [3.05, 3.63) is 123 Å². The minimum Gasteiger partial charge on any atom is -0.321 e. The van der Waals surface area contributed by atoms with Gasteiger partial charge in [-0.1, -0.05) is 54.1 Å². The van der Waals surface area contributed by atoms with Crippen molar-refractivity contribution in [2.75, 3.05) is 26.2 Å². The zero-order valence-electron chi connectivity index (χ0n) is 22.7. The summed E-state index contributed by atoms with van der Waals surface area (Å²) in [7, 11) is 0. The second-order valence-corrected chi connectivity index (χ2v) is 10.6. The van der Waals surface area contributed by atoms with Gasteiger partial charge >= 0.3 is 0 Å². The van der Waals surface area contributed by atoms with Gasteiger partial charge in [-0.05, 0) is 70.6 Å². The average molecular weight is 538 g/mol. The van der Waals surface area contributed by atoms with E-state index in [9.17, 15) is 9.18 Å². The number of halogens is 1. The lowest BCUT2D eigenvalue weighted by atomic mass is 10.00. The number of aromatic nitrogens is 5. The molecule has 3 aromatic carbocycles. The zero-order chi connectivity index (χ0) is 27.6. The van der Waals surface area contributed by atoms with Crippen LogP contribution in [0.25, 0.3) is 10.9 Å². The summed E-state index contributed by atoms with van der Waals surface area (Å²) < 4.78 is 15.3. The van der Waals surface area contributed by atoms with Gasteiger partial charge in [0.15, 0.2) is 5.82 Å². The van der Waals surface area contributed by atoms with E-state index in [1.54, 1.807) is 16.8 Å². The van der Waals surface area contributed by atoms with Gasteiger partial charge < -0.3 is 4.98 Å². The molecule has 0 saturated carbocycles. The normalized spacial score (nSPS) is 15.5. The summed E-state index contributed by atoms with van der Waals surface area (Å²) in [5.41, 5.74) is 5.64. The number of nitrogens with zero attached hydrogens (tertiary/aromatic N) is 6. The predicted molar refractivity (Wildman–Crippen MR) is 152 cm³/mol. The molecule has 6 rings (SSSR count). The highest BCUT2D eigenvalue weighted by Crippen LogP contribution is 2.29. The topological polar surface area (TPSA) is 82.9 Å². The molecular weight excluding hydrogens is 505 g/mol. The molecule has 40 heavy (non-hydrogen) atoms. The van der Waals surface area contributed by atoms with E-state index in [1.165, 1.54) is 17.7 Å². The third-order valence-corrected chi connectivity index (χ3v) is 7.69. The lowest BCUT2D eigenvalue weighted by Crippen LogP contribution is -2.48. The maximum atomic E-state index is 13.7. The Bertz CT molecular complexity index is 1670. The molecule has 0 unspecified atom stereocenters. The van der Waals surface area contributed by atoms with Crippen molar-refractivity contribution < 1.29 is 4.39 Å². The van der Waals surface area contributed by atoms with Gasteiger partial charge in [-0.25, -0.2) is 9.07 Å². The van der Waals surface area contributed by atoms with Gasteiger partial charge in [0.1, 0.15) is 11.9 Å². The summed E-state index contributed by atoms with van der Waals surface area (Å²) >= 11 is 0. The van der Waals surface area contributed by atoms with Crippen LogP contribution in [-0.2, 0) is 13.1 Å². The first-order chi connectivity index (χ1) is 19.4. The van der Waals surface area contributed by atoms with E-state index >= 15 is 0 Å². The van der Waals surface area contributed by atoms with E-state index in [-0.39, 0.29) is 11.4 Å². The molecule has 0 amide bonds. The van der Waals surface area contributed by atoms with Crippen molar-refractivity contribution >= 4 is 10.9 Å². The average Bonchev–Trinajstić information content (AvgIpc) is 3.40. The second-order valence-electron chi connectivity index (χ2n) is 10.6. The molecule has 8 nitrogen and oxygen atoms in total. The van der Waals surface area contributed by atoms with Crippen LogP contribution >= 0.6 is 0 Å². The molecule has 9 heteroatoms. The number of rotatable bonds is 7. The van der Waals surface area contributed by atoms with Gasteiger partial charge in [-0.3, -0.25) is 14.6 Å². The summed E-state index contributed by atoms with van der Waals surface area (Å²) in [5, 5.41) is 13.7. The fourth-order valence-electron chi connectivity index (χ4n) is 5.71. The quantitative estimate of drug-likeness (QED) is 0.335. The summed E-state index contributed by atoms with van der Waals surface area (Å²) in [4.78, 5) is 21.5. The molecule has 0 spiro atoms. The van der Waals surface area contributed by atoms with Gasteiger partial charge in [0.05, 0.1) is 12.1 Å². The number of hydrogen-bond acceptors (Lipinski definition) is 6. The largest absolute Gasteiger partial charge is 0.321 e. The Kier molecular flexibility index (Phi) is 7.23. The SMILES string of the molecule is Cc1cc(C)c2[nH]c(=O)c([C@H](c3nnnn3Cc3ccc(F)cc3)N3CCN(Cc4ccccc4)CC3)cc2c1. The number of hydrogen-bond donors (Lipinski definition) is 1. The second kappa shape index (κ2) is 11.1. The van der Waals surface area contributed by atoms with Crippen LogP contribution in [0.4, 0.5) is 4.39 Å². The van der Waals surface area contributed by atoms with Crippen LogP contribution in [0, 0.1) is 19.7 Å². The molecule has 1 atom stereocenters. The number of H-pyrrole nitrogens is 1. The summed E-state index contributed by atoms with van der Waals surface area (Å²) in [6.07, 6.45) is 0. The van der Waals surface area contributed by atoms with E-state index in [0.717, 1.165) is 60.3 Å². The molecule has 0 bridgehead atoms. The molecule has 1 saturated heterocycles. The fraction of sp³-hybridized carbons (Fsp3) is 0.290. The highest BCUT2D eigenvalue weighted by Gasteiger charge is 2.33. The summed E-state index contributed by atoms with van der Waals surface area (Å²) in [5.74, 6) is 0.301. The van der Waals surface area contributed by atoms with Gasteiger partial charge in [-0.2, -0.15) is 0 Å². The Morgan fingerprint density at radius 1 is 0.900 bits per heavy atom. The third-order valence-electron chi connectivity index (χ3n) is 7.69. The molecule has 0 aliphatic carbocycles. The first-order valence-electron chi connectivity index (χ1n) is 13.6. The number of aromatic amines is 1. The molecule has 5 aromatic rings. The van der Waals surface area contributed by atoms with Gasteiger partial charge in [0.2, 0.25) is 0 Å². The number of aryl methyl sites for hydroxylation is 2. The van der Waals surface area contributed by atoms with E-state index in [1.807, 2.05) is 19.1 Å². The maximum absolute atomic E-state index is 13.7. The molecule has 1 aliphatic heterocycles. The Balaban J connectivity index is 1.36. The summed E-state index contributed by atoms with van der Waals surface area (Å²) in [6.45, 7) is 8.55. The molecule has 1 N–H and O–H groups in total. The van der Waals surface area contributed by atoms with E-state index < -0.39 is 6.04 Å². The Morgan fingerprint density at radius 3 is 2.38 bits per heavy atom. The molecule has 204 valence electrons. The Labute approximate surface area is 232 Å². The van der Waals surface area contributed by atoms with Crippen LogP contribution in [0.1, 0.15) is 39.7 Å². The lowest BCUT2D eigenvalue weighted by molar-refractivity contribution is 0.0998. The smallest absolute Gasteiger partial charge is 0.253 e. The van der Waals surface area contributed by atoms with Crippen molar-refractivity contribution in [3.63, 3.8) is 0 Å². The molecular formula is C31H32FN7O. The van der Waals surface area contributed by atoms with Gasteiger partial charge in [-0.15, -0.1) is 5.10 Å². The number of fused-ring (bicyclic) bond motifs is 1. The molecule has 0 radical (unpaired) electrons. The molecule has 2 aromatic heterocycles. The van der Waals surface area contributed by atoms with E-state index in [2.05, 4.69) is 73.6 Å². The van der Waals surface area contributed by atoms with Gasteiger partial charge in [0.25, 0.3) is 5.56 Å². The van der Waals surface area contributed by atoms with E-state index in [0.29, 0.717) is 17.9 Å². The van der Waals surface area contributed by atoms with Crippen LogP contribution in [0.3, 0.4) is 0 Å². The van der Waals surface area contributed by atoms with Crippen LogP contribution in [0.5, 0.6) is 0 Å². The molecule has 3 heterocycles. The highest BCUT2D eigenvalue weighted by atomic mass is 19.1. The Morgan fingerprint density at radius 2 is 1.62 bits per heavy atom. The van der Waals surface area contributed by atoms with Crippen LogP contribution in [0.2, 0.25) is 0 Å². The molecule has 1 fully saturated rings. The maximum Gasteiger partial charge on any atom is 0.253 e. The van der Waals surface area contributed by atoms with Crippen LogP contribution in [-0.4, -0.2) is 61.2 Å². The van der Waals surface area contributed by atoms with Crippen molar-refractivity contribution in [2.24, 2.45) is 0 Å². The number of pyridine rings is 1. The van der Waals surface area contributed by atoms with Crippen LogP contribution in [0.15, 0.2) is 77.6 Å². The fourth-order valence-corrected chi connectivity index (χ4v) is 5.71. The summed E-state index contributed by atoms with van der Waals surface area (Å²) in [6, 6.07) is 22.5. The van der Waals surface area contributed by atoms with Gasteiger partial charge in [0, 0.05) is 38.3 Å². The highest BCUT2D eigenvalue weighted by molar-refractivity contribution is 5.83. The standard InChI is InChI=1S/C31H32FN7O/c1-21-16-22(2)28-25(17-21)18-27(31(40)33-28)29(30-34-35-36-39(30)20-24-8-10-26(32)11-9-24)38-14-12-37(13-15-38)19-23-6-4-3-5-7-23/h3-11,16-18,29H,12-15,19-20H2,1-2H3,(H,33,40)/t29-/m1/s1. The first-order valence-corrected chi connectivity index (χ1v) is 13.6. The monoisotopic (exact) mass is 537 g/mol. The predicted octanol–water partition coefficient (Wildman–Crippen LogP) is 4.23. The van der Waals surface area contributed by atoms with Crippen molar-refractivity contribution in [1.29, 1.82) is 0 Å². The first kappa shape index (κ1) is 26.0. The zero-order valence-corrected chi connectivity index (χ0v) is 22.7. The minimum atomic E-state index is -0.441. The minimum absolute atomic E-state index is 0.146. The molecule has 1 aliphatic rings. The number of benzene rings is 3. The Hall–Kier alpha value is -4.21. The van der Waals surface area contributed by atoms with Crippen molar-refractivity contribution in [1.82, 2.24) is 35.0 Å². The van der Waals surface area contributed by atoms with E-state index in [4.69, 9.17) is 0 Å². The van der Waals surface area contributed by atoms with Crippen molar-refractivity contribution in [3.8, 4) is 0 Å². The van der Waals surface area contributed by atoms with Crippen LogP contribution < -0.4 is 5.56 Å². The number of piperazine rings is 1. The number of nitrogens with one attached hydrogen (secondary N) is 1. The third kappa shape index (κ3) is 5.43. The number of tetrazole rings is 1. The lowest BCUT2D eigenvalue weighted by Gasteiger charge is -2.38.